The summed E-state index contributed by atoms with van der Waals surface area (Å²) in [6, 6.07) is 0.613. The Morgan fingerprint density at radius 1 is 1.15 bits per heavy atom. The second kappa shape index (κ2) is 5.64. The molecule has 0 heterocycles. The molecule has 80 valence electrons. The molecule has 1 heteroatoms. The van der Waals surface area contributed by atoms with Crippen LogP contribution in [-0.4, -0.2) is 12.6 Å². The van der Waals surface area contributed by atoms with E-state index in [-0.39, 0.29) is 0 Å². The summed E-state index contributed by atoms with van der Waals surface area (Å²) in [6.45, 7) is 14.9. The van der Waals surface area contributed by atoms with Crippen molar-refractivity contribution in [3.8, 4) is 0 Å². The lowest BCUT2D eigenvalue weighted by atomic mass is 9.78. The SMILES string of the molecule is CCCC(CNC(C)C)C(C)(C)C. The molecule has 1 atom stereocenters. The molecule has 0 saturated carbocycles. The molecule has 0 aromatic carbocycles. The van der Waals surface area contributed by atoms with E-state index in [0.29, 0.717) is 11.5 Å². The highest BCUT2D eigenvalue weighted by molar-refractivity contribution is 4.76. The maximum atomic E-state index is 3.54. The van der Waals surface area contributed by atoms with Crippen molar-refractivity contribution in [2.75, 3.05) is 6.54 Å². The third-order valence-corrected chi connectivity index (χ3v) is 2.63. The van der Waals surface area contributed by atoms with Crippen molar-refractivity contribution in [2.45, 2.75) is 60.4 Å². The first kappa shape index (κ1) is 13.0. The third kappa shape index (κ3) is 6.09. The average Bonchev–Trinajstić information content (AvgIpc) is 1.95. The monoisotopic (exact) mass is 185 g/mol. The summed E-state index contributed by atoms with van der Waals surface area (Å²) < 4.78 is 0. The summed E-state index contributed by atoms with van der Waals surface area (Å²) in [7, 11) is 0. The van der Waals surface area contributed by atoms with Gasteiger partial charge >= 0.3 is 0 Å². The molecule has 0 amide bonds. The van der Waals surface area contributed by atoms with Crippen LogP contribution in [0.3, 0.4) is 0 Å². The maximum absolute atomic E-state index is 3.54. The Kier molecular flexibility index (Phi) is 5.62. The maximum Gasteiger partial charge on any atom is 0.00104 e. The van der Waals surface area contributed by atoms with Crippen molar-refractivity contribution < 1.29 is 0 Å². The highest BCUT2D eigenvalue weighted by atomic mass is 14.9. The first-order valence-electron chi connectivity index (χ1n) is 5.61. The third-order valence-electron chi connectivity index (χ3n) is 2.63. The van der Waals surface area contributed by atoms with Gasteiger partial charge in [-0.15, -0.1) is 0 Å². The number of rotatable bonds is 5. The summed E-state index contributed by atoms with van der Waals surface area (Å²) in [6.07, 6.45) is 2.63. The van der Waals surface area contributed by atoms with Crippen molar-refractivity contribution in [3.63, 3.8) is 0 Å². The second-order valence-corrected chi connectivity index (χ2v) is 5.41. The Bertz CT molecular complexity index is 122. The zero-order chi connectivity index (χ0) is 10.5. The Morgan fingerprint density at radius 2 is 1.69 bits per heavy atom. The summed E-state index contributed by atoms with van der Waals surface area (Å²) in [4.78, 5) is 0. The van der Waals surface area contributed by atoms with Crippen molar-refractivity contribution in [3.05, 3.63) is 0 Å². The van der Waals surface area contributed by atoms with Crippen molar-refractivity contribution >= 4 is 0 Å². The summed E-state index contributed by atoms with van der Waals surface area (Å²) in [5.41, 5.74) is 0.442. The number of hydrogen-bond acceptors (Lipinski definition) is 1. The van der Waals surface area contributed by atoms with E-state index < -0.39 is 0 Å². The van der Waals surface area contributed by atoms with E-state index in [1.807, 2.05) is 0 Å². The molecule has 0 fully saturated rings. The van der Waals surface area contributed by atoms with E-state index in [1.54, 1.807) is 0 Å². The fraction of sp³-hybridized carbons (Fsp3) is 1.00. The van der Waals surface area contributed by atoms with Crippen molar-refractivity contribution in [1.82, 2.24) is 5.32 Å². The van der Waals surface area contributed by atoms with Gasteiger partial charge in [0.25, 0.3) is 0 Å². The van der Waals surface area contributed by atoms with Gasteiger partial charge in [-0.1, -0.05) is 48.0 Å². The highest BCUT2D eigenvalue weighted by Gasteiger charge is 2.23. The van der Waals surface area contributed by atoms with Crippen LogP contribution in [-0.2, 0) is 0 Å². The van der Waals surface area contributed by atoms with E-state index in [2.05, 4.69) is 46.9 Å². The van der Waals surface area contributed by atoms with Crippen LogP contribution in [0.1, 0.15) is 54.4 Å². The smallest absolute Gasteiger partial charge is 0.00104 e. The van der Waals surface area contributed by atoms with E-state index in [1.165, 1.54) is 12.8 Å². The lowest BCUT2D eigenvalue weighted by molar-refractivity contribution is 0.213. The van der Waals surface area contributed by atoms with E-state index >= 15 is 0 Å². The Balaban J connectivity index is 3.95. The van der Waals surface area contributed by atoms with Crippen LogP contribution in [0.15, 0.2) is 0 Å². The minimum atomic E-state index is 0.442. The van der Waals surface area contributed by atoms with Gasteiger partial charge in [0.2, 0.25) is 0 Å². The van der Waals surface area contributed by atoms with Crippen molar-refractivity contribution in [2.24, 2.45) is 11.3 Å². The van der Waals surface area contributed by atoms with Gasteiger partial charge in [0.15, 0.2) is 0 Å². The van der Waals surface area contributed by atoms with Gasteiger partial charge in [0.1, 0.15) is 0 Å². The number of nitrogens with one attached hydrogen (secondary N) is 1. The zero-order valence-corrected chi connectivity index (χ0v) is 10.3. The lowest BCUT2D eigenvalue weighted by Gasteiger charge is -2.31. The van der Waals surface area contributed by atoms with Gasteiger partial charge < -0.3 is 5.32 Å². The molecule has 0 aliphatic heterocycles. The predicted octanol–water partition coefficient (Wildman–Crippen LogP) is 3.45. The van der Waals surface area contributed by atoms with Crippen LogP contribution in [0.2, 0.25) is 0 Å². The minimum Gasteiger partial charge on any atom is -0.314 e. The number of hydrogen-bond donors (Lipinski definition) is 1. The lowest BCUT2D eigenvalue weighted by Crippen LogP contribution is -2.35. The second-order valence-electron chi connectivity index (χ2n) is 5.41. The topological polar surface area (TPSA) is 12.0 Å². The Hall–Kier alpha value is -0.0400. The Morgan fingerprint density at radius 3 is 2.00 bits per heavy atom. The van der Waals surface area contributed by atoms with Crippen LogP contribution in [0.25, 0.3) is 0 Å². The average molecular weight is 185 g/mol. The summed E-state index contributed by atoms with van der Waals surface area (Å²) >= 11 is 0. The molecular weight excluding hydrogens is 158 g/mol. The standard InChI is InChI=1S/C12H27N/c1-7-8-11(12(4,5)6)9-13-10(2)3/h10-11,13H,7-9H2,1-6H3. The molecule has 13 heavy (non-hydrogen) atoms. The van der Waals surface area contributed by atoms with Gasteiger partial charge in [-0.25, -0.2) is 0 Å². The first-order valence-corrected chi connectivity index (χ1v) is 5.61. The fourth-order valence-corrected chi connectivity index (χ4v) is 1.57. The molecule has 0 aromatic heterocycles. The molecule has 0 aliphatic carbocycles. The molecule has 1 N–H and O–H groups in total. The molecule has 0 spiro atoms. The molecular formula is C12H27N. The van der Waals surface area contributed by atoms with Gasteiger partial charge in [0.05, 0.1) is 0 Å². The van der Waals surface area contributed by atoms with Gasteiger partial charge in [-0.05, 0) is 24.3 Å². The highest BCUT2D eigenvalue weighted by Crippen LogP contribution is 2.29. The summed E-state index contributed by atoms with van der Waals surface area (Å²) in [5, 5.41) is 3.54. The van der Waals surface area contributed by atoms with Gasteiger partial charge in [0, 0.05) is 6.04 Å². The van der Waals surface area contributed by atoms with Crippen LogP contribution in [0.5, 0.6) is 0 Å². The Labute approximate surface area is 84.3 Å². The molecule has 0 radical (unpaired) electrons. The molecule has 0 bridgehead atoms. The predicted molar refractivity (Wildman–Crippen MR) is 61.0 cm³/mol. The molecule has 0 saturated heterocycles. The molecule has 0 rings (SSSR count). The fourth-order valence-electron chi connectivity index (χ4n) is 1.57. The molecule has 1 nitrogen and oxygen atoms in total. The zero-order valence-electron chi connectivity index (χ0n) is 10.3. The van der Waals surface area contributed by atoms with Gasteiger partial charge in [-0.3, -0.25) is 0 Å². The van der Waals surface area contributed by atoms with E-state index in [9.17, 15) is 0 Å². The molecule has 1 unspecified atom stereocenters. The van der Waals surface area contributed by atoms with Gasteiger partial charge in [-0.2, -0.15) is 0 Å². The first-order chi connectivity index (χ1) is 5.88. The van der Waals surface area contributed by atoms with E-state index in [0.717, 1.165) is 12.5 Å². The molecule has 0 aliphatic rings. The summed E-state index contributed by atoms with van der Waals surface area (Å²) in [5.74, 6) is 0.805. The van der Waals surface area contributed by atoms with Crippen LogP contribution in [0, 0.1) is 11.3 Å². The normalized spacial score (nSPS) is 15.0. The van der Waals surface area contributed by atoms with Crippen LogP contribution >= 0.6 is 0 Å². The van der Waals surface area contributed by atoms with E-state index in [4.69, 9.17) is 0 Å². The van der Waals surface area contributed by atoms with Crippen LogP contribution < -0.4 is 5.32 Å². The quantitative estimate of drug-likeness (QED) is 0.692. The van der Waals surface area contributed by atoms with Crippen LogP contribution in [0.4, 0.5) is 0 Å². The van der Waals surface area contributed by atoms with Crippen molar-refractivity contribution in [1.29, 1.82) is 0 Å². The largest absolute Gasteiger partial charge is 0.314 e. The minimum absolute atomic E-state index is 0.442. The molecule has 0 aromatic rings.